The maximum Gasteiger partial charge on any atom is 0.340 e. The Morgan fingerprint density at radius 2 is 1.79 bits per heavy atom. The number of hydrogen-bond donors (Lipinski definition) is 2. The molecule has 0 bridgehead atoms. The normalized spacial score (nSPS) is 11.2. The molecule has 156 valence electrons. The van der Waals surface area contributed by atoms with Gasteiger partial charge in [-0.2, -0.15) is 0 Å². The molecule has 0 aliphatic heterocycles. The summed E-state index contributed by atoms with van der Waals surface area (Å²) >= 11 is 0. The molecular formula is C19H22N2O7S. The lowest BCUT2D eigenvalue weighted by Crippen LogP contribution is -2.19. The first kappa shape index (κ1) is 22.3. The fraction of sp³-hybridized carbons (Fsp3) is 0.316. The molecule has 1 heterocycles. The molecule has 0 unspecified atom stereocenters. The number of carbonyl (C=O) groups is 3. The lowest BCUT2D eigenvalue weighted by atomic mass is 10.1. The van der Waals surface area contributed by atoms with E-state index in [1.165, 1.54) is 25.2 Å². The second kappa shape index (κ2) is 9.01. The molecule has 0 aliphatic carbocycles. The van der Waals surface area contributed by atoms with Crippen LogP contribution in [0.15, 0.2) is 29.2 Å². The van der Waals surface area contributed by atoms with E-state index in [1.54, 1.807) is 20.8 Å². The predicted octanol–water partition coefficient (Wildman–Crippen LogP) is 1.76. The quantitative estimate of drug-likeness (QED) is 0.489. The van der Waals surface area contributed by atoms with E-state index < -0.39 is 34.4 Å². The van der Waals surface area contributed by atoms with Crippen LogP contribution in [0.3, 0.4) is 0 Å². The van der Waals surface area contributed by atoms with Crippen LogP contribution in [0.25, 0.3) is 0 Å². The number of sulfonamides is 1. The minimum Gasteiger partial charge on any atom is -0.462 e. The Labute approximate surface area is 168 Å². The first-order valence-electron chi connectivity index (χ1n) is 8.72. The third-order valence-corrected chi connectivity index (χ3v) is 5.59. The molecule has 10 heteroatoms. The van der Waals surface area contributed by atoms with Gasteiger partial charge in [-0.25, -0.2) is 22.7 Å². The van der Waals surface area contributed by atoms with E-state index in [4.69, 9.17) is 9.47 Å². The average Bonchev–Trinajstić information content (AvgIpc) is 3.00. The van der Waals surface area contributed by atoms with Crippen molar-refractivity contribution >= 4 is 27.7 Å². The Hall–Kier alpha value is -2.98. The fourth-order valence-electron chi connectivity index (χ4n) is 2.73. The molecular weight excluding hydrogens is 400 g/mol. The predicted molar refractivity (Wildman–Crippen MR) is 104 cm³/mol. The summed E-state index contributed by atoms with van der Waals surface area (Å²) in [6.07, 6.45) is 0. The van der Waals surface area contributed by atoms with Crippen molar-refractivity contribution in [2.24, 2.45) is 0 Å². The van der Waals surface area contributed by atoms with Crippen LogP contribution < -0.4 is 4.72 Å². The zero-order valence-corrected chi connectivity index (χ0v) is 17.3. The minimum absolute atomic E-state index is 0.0132. The number of H-pyrrole nitrogens is 1. The van der Waals surface area contributed by atoms with Crippen LogP contribution in [0.5, 0.6) is 0 Å². The summed E-state index contributed by atoms with van der Waals surface area (Å²) in [6.45, 7) is 4.53. The zero-order chi connectivity index (χ0) is 21.8. The summed E-state index contributed by atoms with van der Waals surface area (Å²) in [5, 5.41) is 0. The number of hydrogen-bond acceptors (Lipinski definition) is 7. The first-order valence-corrected chi connectivity index (χ1v) is 10.2. The van der Waals surface area contributed by atoms with Crippen molar-refractivity contribution in [3.63, 3.8) is 0 Å². The smallest absolute Gasteiger partial charge is 0.340 e. The molecule has 0 aliphatic rings. The van der Waals surface area contributed by atoms with Gasteiger partial charge < -0.3 is 14.5 Å². The summed E-state index contributed by atoms with van der Waals surface area (Å²) in [7, 11) is -2.47. The van der Waals surface area contributed by atoms with Gasteiger partial charge in [-0.05, 0) is 51.6 Å². The van der Waals surface area contributed by atoms with Crippen LogP contribution in [0.1, 0.15) is 49.4 Å². The van der Waals surface area contributed by atoms with Gasteiger partial charge in [-0.3, -0.25) is 4.79 Å². The molecule has 1 aromatic carbocycles. The van der Waals surface area contributed by atoms with Gasteiger partial charge in [0, 0.05) is 5.69 Å². The molecule has 0 spiro atoms. The van der Waals surface area contributed by atoms with Crippen molar-refractivity contribution in [2.75, 3.05) is 20.3 Å². The number of nitrogens with one attached hydrogen (secondary N) is 2. The molecule has 2 aromatic rings. The number of Topliss-reactive ketones (excluding diaryl/α,β-unsaturated/α-hetero) is 1. The number of aryl methyl sites for hydroxylation is 1. The Morgan fingerprint density at radius 3 is 2.41 bits per heavy atom. The van der Waals surface area contributed by atoms with Crippen LogP contribution >= 0.6 is 0 Å². The fourth-order valence-corrected chi connectivity index (χ4v) is 3.51. The molecule has 0 fully saturated rings. The lowest BCUT2D eigenvalue weighted by Gasteiger charge is -2.07. The summed E-state index contributed by atoms with van der Waals surface area (Å²) in [6, 6.07) is 5.26. The molecule has 9 nitrogen and oxygen atoms in total. The van der Waals surface area contributed by atoms with Gasteiger partial charge >= 0.3 is 11.9 Å². The van der Waals surface area contributed by atoms with E-state index in [0.717, 1.165) is 6.07 Å². The van der Waals surface area contributed by atoms with Crippen molar-refractivity contribution in [2.45, 2.75) is 25.7 Å². The Balaban J connectivity index is 2.14. The minimum atomic E-state index is -3.72. The van der Waals surface area contributed by atoms with Crippen LogP contribution in [-0.2, 0) is 19.5 Å². The second-order valence-corrected chi connectivity index (χ2v) is 7.97. The van der Waals surface area contributed by atoms with Gasteiger partial charge in [-0.1, -0.05) is 6.07 Å². The molecule has 1 aromatic heterocycles. The number of rotatable bonds is 8. The molecule has 0 atom stereocenters. The SMILES string of the molecule is CCOC(=O)c1c(C)[nH]c(C(=O)COC(=O)c2cccc(S(=O)(=O)NC)c2)c1C. The number of aromatic amines is 1. The summed E-state index contributed by atoms with van der Waals surface area (Å²) in [5.74, 6) is -1.93. The van der Waals surface area contributed by atoms with E-state index in [1.807, 2.05) is 0 Å². The first-order chi connectivity index (χ1) is 13.6. The standard InChI is InChI=1S/C19H22N2O7S/c1-5-27-19(24)16-11(2)17(21-12(16)3)15(22)10-28-18(23)13-7-6-8-14(9-13)29(25,26)20-4/h6-9,20-21H,5,10H2,1-4H3. The van der Waals surface area contributed by atoms with Crippen molar-refractivity contribution < 1.29 is 32.3 Å². The maximum absolute atomic E-state index is 12.5. The molecule has 0 radical (unpaired) electrons. The number of aromatic nitrogens is 1. The van der Waals surface area contributed by atoms with E-state index in [9.17, 15) is 22.8 Å². The zero-order valence-electron chi connectivity index (χ0n) is 16.5. The highest BCUT2D eigenvalue weighted by molar-refractivity contribution is 7.89. The molecule has 0 amide bonds. The summed E-state index contributed by atoms with van der Waals surface area (Å²) < 4.78 is 35.8. The van der Waals surface area contributed by atoms with Gasteiger partial charge in [0.25, 0.3) is 0 Å². The van der Waals surface area contributed by atoms with Gasteiger partial charge in [0.15, 0.2) is 6.61 Å². The number of carbonyl (C=O) groups excluding carboxylic acids is 3. The molecule has 2 rings (SSSR count). The number of ether oxygens (including phenoxy) is 2. The highest BCUT2D eigenvalue weighted by Crippen LogP contribution is 2.20. The second-order valence-electron chi connectivity index (χ2n) is 6.08. The van der Waals surface area contributed by atoms with Crippen LogP contribution in [0.4, 0.5) is 0 Å². The highest BCUT2D eigenvalue weighted by Gasteiger charge is 2.24. The molecule has 2 N–H and O–H groups in total. The maximum atomic E-state index is 12.5. The Kier molecular flexibility index (Phi) is 6.93. The largest absolute Gasteiger partial charge is 0.462 e. The number of esters is 2. The lowest BCUT2D eigenvalue weighted by molar-refractivity contribution is 0.0472. The van der Waals surface area contributed by atoms with E-state index in [-0.39, 0.29) is 28.3 Å². The summed E-state index contributed by atoms with van der Waals surface area (Å²) in [4.78, 5) is 39.4. The summed E-state index contributed by atoms with van der Waals surface area (Å²) in [5.41, 5.74) is 1.28. The molecule has 29 heavy (non-hydrogen) atoms. The number of ketones is 1. The topological polar surface area (TPSA) is 132 Å². The Morgan fingerprint density at radius 1 is 1.10 bits per heavy atom. The number of benzene rings is 1. The van der Waals surface area contributed by atoms with E-state index in [2.05, 4.69) is 9.71 Å². The van der Waals surface area contributed by atoms with E-state index >= 15 is 0 Å². The van der Waals surface area contributed by atoms with Crippen molar-refractivity contribution in [1.29, 1.82) is 0 Å². The van der Waals surface area contributed by atoms with Gasteiger partial charge in [0.05, 0.1) is 28.3 Å². The van der Waals surface area contributed by atoms with Crippen LogP contribution in [0.2, 0.25) is 0 Å². The van der Waals surface area contributed by atoms with Crippen molar-refractivity contribution in [1.82, 2.24) is 9.71 Å². The van der Waals surface area contributed by atoms with Gasteiger partial charge in [-0.15, -0.1) is 0 Å². The third kappa shape index (κ3) is 4.90. The van der Waals surface area contributed by atoms with Crippen LogP contribution in [-0.4, -0.2) is 51.4 Å². The highest BCUT2D eigenvalue weighted by atomic mass is 32.2. The molecule has 0 saturated carbocycles. The third-order valence-electron chi connectivity index (χ3n) is 4.18. The molecule has 0 saturated heterocycles. The van der Waals surface area contributed by atoms with Gasteiger partial charge in [0.2, 0.25) is 15.8 Å². The van der Waals surface area contributed by atoms with Gasteiger partial charge in [0.1, 0.15) is 0 Å². The Bertz CT molecular complexity index is 1050. The average molecular weight is 422 g/mol. The van der Waals surface area contributed by atoms with Crippen molar-refractivity contribution in [3.05, 3.63) is 52.3 Å². The van der Waals surface area contributed by atoms with E-state index in [0.29, 0.717) is 11.3 Å². The van der Waals surface area contributed by atoms with Crippen LogP contribution in [0, 0.1) is 13.8 Å². The van der Waals surface area contributed by atoms with Crippen molar-refractivity contribution in [3.8, 4) is 0 Å². The monoisotopic (exact) mass is 422 g/mol.